The maximum Gasteiger partial charge on any atom is 0.410 e. The summed E-state index contributed by atoms with van der Waals surface area (Å²) >= 11 is 7.65. The highest BCUT2D eigenvalue weighted by atomic mass is 35.5. The topological polar surface area (TPSA) is 79.2 Å². The maximum atomic E-state index is 13.8. The van der Waals surface area contributed by atoms with Gasteiger partial charge in [-0.05, 0) is 36.1 Å². The molecule has 0 fully saturated rings. The minimum atomic E-state index is -4.56. The second-order valence-corrected chi connectivity index (χ2v) is 8.57. The SMILES string of the molecule is C[C@@H](O)c1ccc(NC(=O)c2nn3c(c2Cl)N[C@@H](c2cccs2)C[C@H]3C(F)(F)F)cc1. The first-order valence-corrected chi connectivity index (χ1v) is 10.6. The molecule has 164 valence electrons. The molecule has 1 aromatic carbocycles. The van der Waals surface area contributed by atoms with E-state index in [1.54, 1.807) is 48.7 Å². The molecule has 3 atom stereocenters. The molecule has 11 heteroatoms. The minimum Gasteiger partial charge on any atom is -0.389 e. The molecule has 4 rings (SSSR count). The van der Waals surface area contributed by atoms with Gasteiger partial charge in [0.1, 0.15) is 10.8 Å². The fraction of sp³-hybridized carbons (Fsp3) is 0.300. The number of hydrogen-bond donors (Lipinski definition) is 3. The molecule has 1 aliphatic heterocycles. The number of fused-ring (bicyclic) bond motifs is 1. The van der Waals surface area contributed by atoms with Gasteiger partial charge >= 0.3 is 6.18 Å². The largest absolute Gasteiger partial charge is 0.410 e. The highest BCUT2D eigenvalue weighted by Gasteiger charge is 2.48. The number of nitrogens with one attached hydrogen (secondary N) is 2. The third-order valence-corrected chi connectivity index (χ3v) is 6.39. The molecule has 0 bridgehead atoms. The maximum absolute atomic E-state index is 13.8. The molecule has 0 radical (unpaired) electrons. The second kappa shape index (κ2) is 8.18. The zero-order valence-electron chi connectivity index (χ0n) is 16.2. The summed E-state index contributed by atoms with van der Waals surface area (Å²) in [4.78, 5) is 13.4. The van der Waals surface area contributed by atoms with Gasteiger partial charge in [-0.3, -0.25) is 4.79 Å². The molecule has 3 heterocycles. The van der Waals surface area contributed by atoms with Crippen LogP contribution in [0.5, 0.6) is 0 Å². The van der Waals surface area contributed by atoms with Gasteiger partial charge in [0, 0.05) is 17.0 Å². The van der Waals surface area contributed by atoms with E-state index < -0.39 is 30.3 Å². The summed E-state index contributed by atoms with van der Waals surface area (Å²) in [5, 5.41) is 20.7. The highest BCUT2D eigenvalue weighted by molar-refractivity contribution is 7.10. The zero-order chi connectivity index (χ0) is 22.3. The van der Waals surface area contributed by atoms with Crippen LogP contribution >= 0.6 is 22.9 Å². The molecule has 0 unspecified atom stereocenters. The average Bonchev–Trinajstić information content (AvgIpc) is 3.35. The number of carbonyl (C=O) groups excluding carboxylic acids is 1. The Bertz CT molecular complexity index is 1080. The Morgan fingerprint density at radius 3 is 2.65 bits per heavy atom. The van der Waals surface area contributed by atoms with Gasteiger partial charge in [-0.2, -0.15) is 18.3 Å². The Morgan fingerprint density at radius 1 is 1.35 bits per heavy atom. The second-order valence-electron chi connectivity index (χ2n) is 7.21. The summed E-state index contributed by atoms with van der Waals surface area (Å²) in [5.74, 6) is -0.768. The molecule has 0 aliphatic carbocycles. The number of rotatable bonds is 4. The van der Waals surface area contributed by atoms with E-state index in [2.05, 4.69) is 15.7 Å². The van der Waals surface area contributed by atoms with Crippen molar-refractivity contribution in [3.63, 3.8) is 0 Å². The van der Waals surface area contributed by atoms with Gasteiger partial charge in [-0.1, -0.05) is 29.8 Å². The summed E-state index contributed by atoms with van der Waals surface area (Å²) in [6, 6.07) is 7.41. The fourth-order valence-electron chi connectivity index (χ4n) is 3.45. The minimum absolute atomic E-state index is 0.0387. The van der Waals surface area contributed by atoms with Gasteiger partial charge in [-0.15, -0.1) is 11.3 Å². The number of aliphatic hydroxyl groups is 1. The van der Waals surface area contributed by atoms with Crippen molar-refractivity contribution in [1.82, 2.24) is 9.78 Å². The smallest absolute Gasteiger partial charge is 0.389 e. The number of thiophene rings is 1. The van der Waals surface area contributed by atoms with Crippen molar-refractivity contribution in [2.24, 2.45) is 0 Å². The normalized spacial score (nSPS) is 19.4. The monoisotopic (exact) mass is 470 g/mol. The van der Waals surface area contributed by atoms with Crippen LogP contribution in [-0.4, -0.2) is 27.0 Å². The standard InChI is InChI=1S/C20H18ClF3N4O2S/c1-10(29)11-4-6-12(7-5-11)25-19(30)17-16(21)18-26-13(14-3-2-8-31-14)9-15(20(22,23)24)28(18)27-17/h2-8,10,13,15,26,29H,9H2,1H3,(H,25,30)/t10-,13-,15+/m1/s1. The lowest BCUT2D eigenvalue weighted by Gasteiger charge is -2.32. The first-order valence-electron chi connectivity index (χ1n) is 9.39. The third kappa shape index (κ3) is 4.28. The van der Waals surface area contributed by atoms with Gasteiger partial charge in [0.15, 0.2) is 11.7 Å². The van der Waals surface area contributed by atoms with Crippen molar-refractivity contribution in [2.45, 2.75) is 37.7 Å². The molecule has 0 spiro atoms. The van der Waals surface area contributed by atoms with Crippen molar-refractivity contribution in [3.8, 4) is 0 Å². The first-order chi connectivity index (χ1) is 14.6. The highest BCUT2D eigenvalue weighted by Crippen LogP contribution is 2.46. The molecule has 6 nitrogen and oxygen atoms in total. The van der Waals surface area contributed by atoms with Crippen molar-refractivity contribution in [1.29, 1.82) is 0 Å². The molecule has 3 aromatic rings. The van der Waals surface area contributed by atoms with E-state index in [0.717, 1.165) is 9.56 Å². The van der Waals surface area contributed by atoms with Crippen molar-refractivity contribution < 1.29 is 23.1 Å². The van der Waals surface area contributed by atoms with Crippen LogP contribution in [0.3, 0.4) is 0 Å². The lowest BCUT2D eigenvalue weighted by atomic mass is 10.0. The predicted molar refractivity (Wildman–Crippen MR) is 113 cm³/mol. The Hall–Kier alpha value is -2.56. The van der Waals surface area contributed by atoms with E-state index in [1.807, 2.05) is 0 Å². The molecule has 31 heavy (non-hydrogen) atoms. The number of aliphatic hydroxyl groups excluding tert-OH is 1. The Morgan fingerprint density at radius 2 is 2.06 bits per heavy atom. The molecule has 2 aromatic heterocycles. The van der Waals surface area contributed by atoms with E-state index in [1.165, 1.54) is 11.3 Å². The number of aromatic nitrogens is 2. The van der Waals surface area contributed by atoms with E-state index >= 15 is 0 Å². The summed E-state index contributed by atoms with van der Waals surface area (Å²) in [5.41, 5.74) is 0.753. The summed E-state index contributed by atoms with van der Waals surface area (Å²) in [6.07, 6.45) is -5.50. The number of alkyl halides is 3. The van der Waals surface area contributed by atoms with Crippen LogP contribution in [0.15, 0.2) is 41.8 Å². The lowest BCUT2D eigenvalue weighted by Crippen LogP contribution is -2.35. The molecular formula is C20H18ClF3N4O2S. The molecule has 3 N–H and O–H groups in total. The zero-order valence-corrected chi connectivity index (χ0v) is 17.7. The van der Waals surface area contributed by atoms with E-state index in [9.17, 15) is 23.1 Å². The molecule has 0 saturated heterocycles. The Balaban J connectivity index is 1.64. The van der Waals surface area contributed by atoms with Crippen LogP contribution in [-0.2, 0) is 0 Å². The lowest BCUT2D eigenvalue weighted by molar-refractivity contribution is -0.173. The number of carbonyl (C=O) groups is 1. The number of nitrogens with zero attached hydrogens (tertiary/aromatic N) is 2. The summed E-state index contributed by atoms with van der Waals surface area (Å²) in [6.45, 7) is 1.61. The van der Waals surface area contributed by atoms with Crippen LogP contribution in [0.1, 0.15) is 52.5 Å². The van der Waals surface area contributed by atoms with E-state index in [4.69, 9.17) is 11.6 Å². The Kier molecular flexibility index (Phi) is 5.71. The number of hydrogen-bond acceptors (Lipinski definition) is 5. The number of amides is 1. The molecule has 1 aliphatic rings. The van der Waals surface area contributed by atoms with Crippen LogP contribution in [0.25, 0.3) is 0 Å². The van der Waals surface area contributed by atoms with Gasteiger partial charge in [-0.25, -0.2) is 4.68 Å². The third-order valence-electron chi connectivity index (χ3n) is 5.05. The number of halogens is 4. The number of benzene rings is 1. The van der Waals surface area contributed by atoms with Crippen molar-refractivity contribution in [3.05, 3.63) is 62.9 Å². The summed E-state index contributed by atoms with van der Waals surface area (Å²) < 4.78 is 42.1. The van der Waals surface area contributed by atoms with Crippen molar-refractivity contribution >= 4 is 40.4 Å². The van der Waals surface area contributed by atoms with Gasteiger partial charge in [0.2, 0.25) is 0 Å². The van der Waals surface area contributed by atoms with Gasteiger partial charge < -0.3 is 15.7 Å². The molecule has 0 saturated carbocycles. The van der Waals surface area contributed by atoms with Gasteiger partial charge in [0.05, 0.1) is 12.1 Å². The van der Waals surface area contributed by atoms with Crippen molar-refractivity contribution in [2.75, 3.05) is 10.6 Å². The quantitative estimate of drug-likeness (QED) is 0.466. The van der Waals surface area contributed by atoms with Crippen LogP contribution in [0, 0.1) is 0 Å². The van der Waals surface area contributed by atoms with Gasteiger partial charge in [0.25, 0.3) is 5.91 Å². The first kappa shape index (κ1) is 21.7. The number of anilines is 2. The van der Waals surface area contributed by atoms with E-state index in [-0.39, 0.29) is 23.0 Å². The Labute approximate surface area is 184 Å². The summed E-state index contributed by atoms with van der Waals surface area (Å²) in [7, 11) is 0. The predicted octanol–water partition coefficient (Wildman–Crippen LogP) is 5.56. The van der Waals surface area contributed by atoms with Crippen LogP contribution in [0.2, 0.25) is 5.02 Å². The molecular weight excluding hydrogens is 453 g/mol. The average molecular weight is 471 g/mol. The van der Waals surface area contributed by atoms with E-state index in [0.29, 0.717) is 11.3 Å². The fourth-order valence-corrected chi connectivity index (χ4v) is 4.50. The van der Waals surface area contributed by atoms with Crippen LogP contribution in [0.4, 0.5) is 24.7 Å². The molecule has 1 amide bonds. The van der Waals surface area contributed by atoms with Crippen LogP contribution < -0.4 is 10.6 Å².